The maximum absolute atomic E-state index is 9.09. The SMILES string of the molecule is Cc1cccc(N)c1OCC(O)CO. The molecule has 14 heavy (non-hydrogen) atoms. The highest BCUT2D eigenvalue weighted by Crippen LogP contribution is 2.25. The number of nitrogen functional groups attached to an aromatic ring is 1. The van der Waals surface area contributed by atoms with Crippen LogP contribution < -0.4 is 10.5 Å². The molecule has 0 saturated heterocycles. The van der Waals surface area contributed by atoms with Crippen molar-refractivity contribution in [3.8, 4) is 5.75 Å². The molecule has 4 N–H and O–H groups in total. The Morgan fingerprint density at radius 1 is 1.50 bits per heavy atom. The van der Waals surface area contributed by atoms with Gasteiger partial charge in [0.25, 0.3) is 0 Å². The molecular formula is C10H15NO3. The van der Waals surface area contributed by atoms with Crippen LogP contribution in [0.25, 0.3) is 0 Å². The first kappa shape index (κ1) is 10.8. The molecule has 1 aromatic carbocycles. The lowest BCUT2D eigenvalue weighted by molar-refractivity contribution is 0.0536. The molecule has 0 aromatic heterocycles. The maximum Gasteiger partial charge on any atom is 0.145 e. The molecule has 0 aliphatic carbocycles. The summed E-state index contributed by atoms with van der Waals surface area (Å²) < 4.78 is 5.29. The van der Waals surface area contributed by atoms with E-state index in [2.05, 4.69) is 0 Å². The molecule has 1 unspecified atom stereocenters. The summed E-state index contributed by atoms with van der Waals surface area (Å²) in [4.78, 5) is 0. The van der Waals surface area contributed by atoms with E-state index in [1.165, 1.54) is 0 Å². The van der Waals surface area contributed by atoms with Gasteiger partial charge in [-0.3, -0.25) is 0 Å². The molecule has 0 radical (unpaired) electrons. The lowest BCUT2D eigenvalue weighted by atomic mass is 10.2. The van der Waals surface area contributed by atoms with Gasteiger partial charge in [-0.05, 0) is 18.6 Å². The van der Waals surface area contributed by atoms with Crippen molar-refractivity contribution in [2.45, 2.75) is 13.0 Å². The van der Waals surface area contributed by atoms with Gasteiger partial charge in [-0.25, -0.2) is 0 Å². The van der Waals surface area contributed by atoms with Gasteiger partial charge in [0, 0.05) is 0 Å². The largest absolute Gasteiger partial charge is 0.488 e. The monoisotopic (exact) mass is 197 g/mol. The predicted octanol–water partition coefficient (Wildman–Crippen LogP) is 0.309. The summed E-state index contributed by atoms with van der Waals surface area (Å²) in [5, 5.41) is 17.7. The quantitative estimate of drug-likeness (QED) is 0.607. The number of ether oxygens (including phenoxy) is 1. The van der Waals surface area contributed by atoms with E-state index in [1.807, 2.05) is 19.1 Å². The minimum Gasteiger partial charge on any atom is -0.488 e. The van der Waals surface area contributed by atoms with Gasteiger partial charge in [-0.15, -0.1) is 0 Å². The standard InChI is InChI=1S/C10H15NO3/c1-7-3-2-4-9(11)10(7)14-6-8(13)5-12/h2-4,8,12-13H,5-6,11H2,1H3. The second-order valence-electron chi connectivity index (χ2n) is 3.14. The van der Waals surface area contributed by atoms with Crippen molar-refractivity contribution in [1.82, 2.24) is 0 Å². The van der Waals surface area contributed by atoms with Gasteiger partial charge in [-0.2, -0.15) is 0 Å². The van der Waals surface area contributed by atoms with Crippen LogP contribution in [-0.2, 0) is 0 Å². The number of hydrogen-bond donors (Lipinski definition) is 3. The number of nitrogens with two attached hydrogens (primary N) is 1. The number of hydrogen-bond acceptors (Lipinski definition) is 4. The van der Waals surface area contributed by atoms with E-state index < -0.39 is 6.10 Å². The van der Waals surface area contributed by atoms with E-state index in [-0.39, 0.29) is 13.2 Å². The van der Waals surface area contributed by atoms with Crippen molar-refractivity contribution in [1.29, 1.82) is 0 Å². The van der Waals surface area contributed by atoms with Crippen molar-refractivity contribution in [3.05, 3.63) is 23.8 Å². The Hall–Kier alpha value is -1.26. The predicted molar refractivity (Wildman–Crippen MR) is 54.2 cm³/mol. The number of rotatable bonds is 4. The minimum atomic E-state index is -0.867. The van der Waals surface area contributed by atoms with Gasteiger partial charge in [0.2, 0.25) is 0 Å². The molecule has 0 amide bonds. The van der Waals surface area contributed by atoms with Gasteiger partial charge in [0.05, 0.1) is 12.3 Å². The van der Waals surface area contributed by atoms with Crippen LogP contribution in [0.1, 0.15) is 5.56 Å². The Bertz CT molecular complexity index is 281. The highest BCUT2D eigenvalue weighted by Gasteiger charge is 2.07. The third-order valence-corrected chi connectivity index (χ3v) is 1.87. The van der Waals surface area contributed by atoms with Crippen LogP contribution in [0, 0.1) is 6.92 Å². The Labute approximate surface area is 82.9 Å². The normalized spacial score (nSPS) is 12.5. The van der Waals surface area contributed by atoms with Gasteiger partial charge in [0.1, 0.15) is 18.5 Å². The van der Waals surface area contributed by atoms with Crippen molar-refractivity contribution < 1.29 is 14.9 Å². The summed E-state index contributed by atoms with van der Waals surface area (Å²) in [5.74, 6) is 0.569. The van der Waals surface area contributed by atoms with Gasteiger partial charge >= 0.3 is 0 Å². The topological polar surface area (TPSA) is 75.7 Å². The first-order valence-corrected chi connectivity index (χ1v) is 4.42. The van der Waals surface area contributed by atoms with Crippen LogP contribution >= 0.6 is 0 Å². The van der Waals surface area contributed by atoms with Crippen molar-refractivity contribution in [3.63, 3.8) is 0 Å². The summed E-state index contributed by atoms with van der Waals surface area (Å²) in [6, 6.07) is 5.44. The van der Waals surface area contributed by atoms with E-state index in [9.17, 15) is 0 Å². The highest BCUT2D eigenvalue weighted by molar-refractivity contribution is 5.56. The molecule has 0 bridgehead atoms. The van der Waals surface area contributed by atoms with Crippen LogP contribution in [0.3, 0.4) is 0 Å². The number of para-hydroxylation sites is 1. The van der Waals surface area contributed by atoms with Crippen LogP contribution in [0.15, 0.2) is 18.2 Å². The van der Waals surface area contributed by atoms with E-state index in [0.717, 1.165) is 5.56 Å². The van der Waals surface area contributed by atoms with Gasteiger partial charge < -0.3 is 20.7 Å². The molecule has 0 heterocycles. The molecule has 4 heteroatoms. The van der Waals surface area contributed by atoms with E-state index in [4.69, 9.17) is 20.7 Å². The molecule has 0 aliphatic heterocycles. The summed E-state index contributed by atoms with van der Waals surface area (Å²) in [7, 11) is 0. The van der Waals surface area contributed by atoms with Gasteiger partial charge in [-0.1, -0.05) is 12.1 Å². The zero-order valence-electron chi connectivity index (χ0n) is 8.10. The Kier molecular flexibility index (Phi) is 3.73. The van der Waals surface area contributed by atoms with E-state index in [0.29, 0.717) is 11.4 Å². The second-order valence-corrected chi connectivity index (χ2v) is 3.14. The molecular weight excluding hydrogens is 182 g/mol. The average Bonchev–Trinajstić information content (AvgIpc) is 2.16. The van der Waals surface area contributed by atoms with Crippen LogP contribution in [0.5, 0.6) is 5.75 Å². The zero-order valence-corrected chi connectivity index (χ0v) is 8.10. The fraction of sp³-hybridized carbons (Fsp3) is 0.400. The lowest BCUT2D eigenvalue weighted by Gasteiger charge is -2.13. The summed E-state index contributed by atoms with van der Waals surface area (Å²) in [5.41, 5.74) is 7.13. The summed E-state index contributed by atoms with van der Waals surface area (Å²) >= 11 is 0. The Morgan fingerprint density at radius 2 is 2.21 bits per heavy atom. The maximum atomic E-state index is 9.09. The first-order chi connectivity index (χ1) is 6.65. The molecule has 1 aromatic rings. The van der Waals surface area contributed by atoms with E-state index >= 15 is 0 Å². The highest BCUT2D eigenvalue weighted by atomic mass is 16.5. The molecule has 1 rings (SSSR count). The van der Waals surface area contributed by atoms with Crippen LogP contribution in [-0.4, -0.2) is 29.5 Å². The third kappa shape index (κ3) is 2.61. The van der Waals surface area contributed by atoms with Crippen LogP contribution in [0.4, 0.5) is 5.69 Å². The van der Waals surface area contributed by atoms with E-state index in [1.54, 1.807) is 6.07 Å². The summed E-state index contributed by atoms with van der Waals surface area (Å²) in [6.45, 7) is 1.61. The molecule has 78 valence electrons. The Morgan fingerprint density at radius 3 is 2.79 bits per heavy atom. The number of aryl methyl sites for hydroxylation is 1. The molecule has 0 saturated carbocycles. The lowest BCUT2D eigenvalue weighted by Crippen LogP contribution is -2.21. The van der Waals surface area contributed by atoms with Gasteiger partial charge in [0.15, 0.2) is 0 Å². The third-order valence-electron chi connectivity index (χ3n) is 1.87. The summed E-state index contributed by atoms with van der Waals surface area (Å²) in [6.07, 6.45) is -0.867. The Balaban J connectivity index is 2.66. The first-order valence-electron chi connectivity index (χ1n) is 4.42. The molecule has 0 fully saturated rings. The molecule has 0 spiro atoms. The van der Waals surface area contributed by atoms with Crippen molar-refractivity contribution >= 4 is 5.69 Å². The van der Waals surface area contributed by atoms with Crippen LogP contribution in [0.2, 0.25) is 0 Å². The average molecular weight is 197 g/mol. The number of aliphatic hydroxyl groups excluding tert-OH is 2. The minimum absolute atomic E-state index is 0.0472. The van der Waals surface area contributed by atoms with Crippen molar-refractivity contribution in [2.75, 3.05) is 18.9 Å². The second kappa shape index (κ2) is 4.83. The molecule has 4 nitrogen and oxygen atoms in total. The fourth-order valence-corrected chi connectivity index (χ4v) is 1.10. The fourth-order valence-electron chi connectivity index (χ4n) is 1.10. The number of benzene rings is 1. The molecule has 0 aliphatic rings. The smallest absolute Gasteiger partial charge is 0.145 e. The van der Waals surface area contributed by atoms with Crippen molar-refractivity contribution in [2.24, 2.45) is 0 Å². The number of aliphatic hydroxyl groups is 2. The number of anilines is 1. The molecule has 1 atom stereocenters. The zero-order chi connectivity index (χ0) is 10.6.